The summed E-state index contributed by atoms with van der Waals surface area (Å²) in [6.07, 6.45) is 0. The fourth-order valence-electron chi connectivity index (χ4n) is 1.72. The minimum atomic E-state index is -0.355. The number of esters is 1. The van der Waals surface area contributed by atoms with Crippen molar-refractivity contribution in [1.82, 2.24) is 0 Å². The highest BCUT2D eigenvalue weighted by molar-refractivity contribution is 5.91. The van der Waals surface area contributed by atoms with Gasteiger partial charge < -0.3 is 10.5 Å². The summed E-state index contributed by atoms with van der Waals surface area (Å²) in [5, 5.41) is 0. The smallest absolute Gasteiger partial charge is 0.343 e. The minimum absolute atomic E-state index is 0.355. The molecule has 0 bridgehead atoms. The normalized spacial score (nSPS) is 10.3. The van der Waals surface area contributed by atoms with Crippen LogP contribution in [-0.2, 0) is 6.54 Å². The summed E-state index contributed by atoms with van der Waals surface area (Å²) in [6.45, 7) is 4.47. The van der Waals surface area contributed by atoms with Gasteiger partial charge in [0.15, 0.2) is 0 Å². The van der Waals surface area contributed by atoms with E-state index < -0.39 is 0 Å². The predicted molar refractivity (Wildman–Crippen MR) is 75.2 cm³/mol. The standard InChI is InChI=1S/C16H17NO2/c1-11-3-8-15(9-12(11)2)19-16(18)14-6-4-13(10-17)5-7-14/h3-9H,10,17H2,1-2H3. The van der Waals surface area contributed by atoms with Crippen LogP contribution in [0.5, 0.6) is 5.75 Å². The summed E-state index contributed by atoms with van der Waals surface area (Å²) in [4.78, 5) is 12.0. The van der Waals surface area contributed by atoms with E-state index in [1.807, 2.05) is 38.1 Å². The molecule has 0 amide bonds. The third kappa shape index (κ3) is 3.20. The maximum Gasteiger partial charge on any atom is 0.343 e. The third-order valence-corrected chi connectivity index (χ3v) is 3.11. The van der Waals surface area contributed by atoms with E-state index in [0.717, 1.165) is 11.1 Å². The third-order valence-electron chi connectivity index (χ3n) is 3.11. The molecule has 0 heterocycles. The van der Waals surface area contributed by atoms with Crippen molar-refractivity contribution in [3.63, 3.8) is 0 Å². The van der Waals surface area contributed by atoms with E-state index in [1.165, 1.54) is 5.56 Å². The quantitative estimate of drug-likeness (QED) is 0.677. The number of hydrogen-bond donors (Lipinski definition) is 1. The predicted octanol–water partition coefficient (Wildman–Crippen LogP) is 2.98. The fourth-order valence-corrected chi connectivity index (χ4v) is 1.72. The zero-order chi connectivity index (χ0) is 13.8. The van der Waals surface area contributed by atoms with E-state index in [2.05, 4.69) is 0 Å². The molecule has 0 saturated carbocycles. The van der Waals surface area contributed by atoms with Crippen molar-refractivity contribution in [2.45, 2.75) is 20.4 Å². The Morgan fingerprint density at radius 1 is 1.05 bits per heavy atom. The van der Waals surface area contributed by atoms with Crippen LogP contribution in [0.15, 0.2) is 42.5 Å². The van der Waals surface area contributed by atoms with Crippen molar-refractivity contribution in [2.24, 2.45) is 5.73 Å². The summed E-state index contributed by atoms with van der Waals surface area (Å²) < 4.78 is 5.34. The highest BCUT2D eigenvalue weighted by Crippen LogP contribution is 2.18. The lowest BCUT2D eigenvalue weighted by Gasteiger charge is -2.07. The number of carbonyl (C=O) groups excluding carboxylic acids is 1. The number of hydrogen-bond acceptors (Lipinski definition) is 3. The Balaban J connectivity index is 2.13. The van der Waals surface area contributed by atoms with Gasteiger partial charge in [-0.05, 0) is 54.8 Å². The van der Waals surface area contributed by atoms with Crippen molar-refractivity contribution >= 4 is 5.97 Å². The number of benzene rings is 2. The minimum Gasteiger partial charge on any atom is -0.423 e. The van der Waals surface area contributed by atoms with E-state index >= 15 is 0 Å². The van der Waals surface area contributed by atoms with Crippen LogP contribution < -0.4 is 10.5 Å². The zero-order valence-electron chi connectivity index (χ0n) is 11.1. The molecule has 2 aromatic rings. The van der Waals surface area contributed by atoms with Gasteiger partial charge in [0.05, 0.1) is 5.56 Å². The summed E-state index contributed by atoms with van der Waals surface area (Å²) in [7, 11) is 0. The molecule has 0 aromatic heterocycles. The van der Waals surface area contributed by atoms with Crippen molar-refractivity contribution in [2.75, 3.05) is 0 Å². The van der Waals surface area contributed by atoms with Gasteiger partial charge in [-0.2, -0.15) is 0 Å². The second kappa shape index (κ2) is 5.67. The highest BCUT2D eigenvalue weighted by Gasteiger charge is 2.08. The topological polar surface area (TPSA) is 52.3 Å². The van der Waals surface area contributed by atoms with Crippen LogP contribution in [0.4, 0.5) is 0 Å². The molecule has 0 aliphatic rings. The molecule has 0 spiro atoms. The van der Waals surface area contributed by atoms with Gasteiger partial charge in [0.2, 0.25) is 0 Å². The molecule has 0 fully saturated rings. The van der Waals surface area contributed by atoms with Gasteiger partial charge in [-0.1, -0.05) is 18.2 Å². The average molecular weight is 255 g/mol. The largest absolute Gasteiger partial charge is 0.423 e. The highest BCUT2D eigenvalue weighted by atomic mass is 16.5. The van der Waals surface area contributed by atoms with Crippen molar-refractivity contribution in [1.29, 1.82) is 0 Å². The van der Waals surface area contributed by atoms with Crippen molar-refractivity contribution < 1.29 is 9.53 Å². The van der Waals surface area contributed by atoms with Gasteiger partial charge in [0, 0.05) is 6.54 Å². The maximum absolute atomic E-state index is 12.0. The molecule has 2 aromatic carbocycles. The van der Waals surface area contributed by atoms with E-state index in [9.17, 15) is 4.79 Å². The molecule has 98 valence electrons. The Morgan fingerprint density at radius 2 is 1.74 bits per heavy atom. The molecular formula is C16H17NO2. The molecule has 3 heteroatoms. The van der Waals surface area contributed by atoms with Crippen LogP contribution in [-0.4, -0.2) is 5.97 Å². The molecule has 2 rings (SSSR count). The van der Waals surface area contributed by atoms with Crippen LogP contribution in [0.3, 0.4) is 0 Å². The van der Waals surface area contributed by atoms with Gasteiger partial charge in [0.1, 0.15) is 5.75 Å². The van der Waals surface area contributed by atoms with Gasteiger partial charge >= 0.3 is 5.97 Å². The van der Waals surface area contributed by atoms with Gasteiger partial charge in [-0.25, -0.2) is 4.79 Å². The van der Waals surface area contributed by atoms with E-state index in [1.54, 1.807) is 18.2 Å². The molecule has 0 aliphatic heterocycles. The Labute approximate surface area is 113 Å². The Morgan fingerprint density at radius 3 is 2.32 bits per heavy atom. The van der Waals surface area contributed by atoms with E-state index in [4.69, 9.17) is 10.5 Å². The van der Waals surface area contributed by atoms with Crippen LogP contribution in [0.2, 0.25) is 0 Å². The summed E-state index contributed by atoms with van der Waals surface area (Å²) >= 11 is 0. The average Bonchev–Trinajstić information content (AvgIpc) is 2.43. The van der Waals surface area contributed by atoms with E-state index in [-0.39, 0.29) is 5.97 Å². The molecule has 2 N–H and O–H groups in total. The maximum atomic E-state index is 12.0. The SMILES string of the molecule is Cc1ccc(OC(=O)c2ccc(CN)cc2)cc1C. The number of carbonyl (C=O) groups is 1. The van der Waals surface area contributed by atoms with Crippen molar-refractivity contribution in [3.05, 3.63) is 64.7 Å². The Kier molecular flexibility index (Phi) is 3.97. The fraction of sp³-hybridized carbons (Fsp3) is 0.188. The second-order valence-electron chi connectivity index (χ2n) is 4.54. The monoisotopic (exact) mass is 255 g/mol. The number of ether oxygens (including phenoxy) is 1. The lowest BCUT2D eigenvalue weighted by atomic mass is 10.1. The molecule has 0 unspecified atom stereocenters. The Hall–Kier alpha value is -2.13. The van der Waals surface area contributed by atoms with Gasteiger partial charge in [-0.3, -0.25) is 0 Å². The number of nitrogens with two attached hydrogens (primary N) is 1. The second-order valence-corrected chi connectivity index (χ2v) is 4.54. The van der Waals surface area contributed by atoms with Gasteiger partial charge in [-0.15, -0.1) is 0 Å². The van der Waals surface area contributed by atoms with Crippen LogP contribution >= 0.6 is 0 Å². The molecule has 0 atom stereocenters. The zero-order valence-corrected chi connectivity index (χ0v) is 11.1. The van der Waals surface area contributed by atoms with E-state index in [0.29, 0.717) is 17.9 Å². The van der Waals surface area contributed by atoms with Crippen molar-refractivity contribution in [3.8, 4) is 5.75 Å². The molecule has 0 aliphatic carbocycles. The summed E-state index contributed by atoms with van der Waals surface area (Å²) in [5.41, 5.74) is 9.30. The molecule has 0 saturated heterocycles. The molecule has 0 radical (unpaired) electrons. The van der Waals surface area contributed by atoms with Crippen LogP contribution in [0, 0.1) is 13.8 Å². The lowest BCUT2D eigenvalue weighted by Crippen LogP contribution is -2.09. The first-order valence-corrected chi connectivity index (χ1v) is 6.18. The first-order chi connectivity index (χ1) is 9.10. The number of aryl methyl sites for hydroxylation is 2. The van der Waals surface area contributed by atoms with Crippen LogP contribution in [0.1, 0.15) is 27.0 Å². The summed E-state index contributed by atoms with van der Waals surface area (Å²) in [5.74, 6) is 0.211. The molecule has 19 heavy (non-hydrogen) atoms. The molecular weight excluding hydrogens is 238 g/mol. The summed E-state index contributed by atoms with van der Waals surface area (Å²) in [6, 6.07) is 12.7. The number of rotatable bonds is 3. The lowest BCUT2D eigenvalue weighted by molar-refractivity contribution is 0.0734. The molecule has 3 nitrogen and oxygen atoms in total. The van der Waals surface area contributed by atoms with Crippen LogP contribution in [0.25, 0.3) is 0 Å². The Bertz CT molecular complexity index is 588. The first kappa shape index (κ1) is 13.3. The van der Waals surface area contributed by atoms with Gasteiger partial charge in [0.25, 0.3) is 0 Å². The first-order valence-electron chi connectivity index (χ1n) is 6.18.